The quantitative estimate of drug-likeness (QED) is 0.630. The number of nitriles is 1. The monoisotopic (exact) mass is 404 g/mol. The van der Waals surface area contributed by atoms with Crippen molar-refractivity contribution in [2.75, 3.05) is 12.5 Å². The van der Waals surface area contributed by atoms with Crippen LogP contribution in [0.4, 0.5) is 0 Å². The van der Waals surface area contributed by atoms with Gasteiger partial charge in [0.2, 0.25) is 12.7 Å². The number of nitrogens with one attached hydrogen (secondary N) is 1. The predicted molar refractivity (Wildman–Crippen MR) is 107 cm³/mol. The number of nitrogens with zero attached hydrogens (tertiary/aromatic N) is 3. The first kappa shape index (κ1) is 18.8. The molecule has 29 heavy (non-hydrogen) atoms. The zero-order chi connectivity index (χ0) is 20.1. The molecule has 1 aliphatic heterocycles. The molecule has 4 rings (SSSR count). The van der Waals surface area contributed by atoms with E-state index in [-0.39, 0.29) is 18.5 Å². The van der Waals surface area contributed by atoms with Crippen LogP contribution in [0, 0.1) is 11.3 Å². The van der Waals surface area contributed by atoms with E-state index in [9.17, 15) is 10.1 Å². The van der Waals surface area contributed by atoms with E-state index in [2.05, 4.69) is 21.4 Å². The molecular weight excluding hydrogens is 388 g/mol. The van der Waals surface area contributed by atoms with Crippen molar-refractivity contribution in [2.24, 2.45) is 0 Å². The van der Waals surface area contributed by atoms with Gasteiger partial charge in [0.1, 0.15) is 11.1 Å². The summed E-state index contributed by atoms with van der Waals surface area (Å²) in [6.45, 7) is 0.596. The summed E-state index contributed by atoms with van der Waals surface area (Å²) in [6, 6.07) is 14.9. The van der Waals surface area contributed by atoms with Crippen molar-refractivity contribution in [3.05, 3.63) is 66.0 Å². The van der Waals surface area contributed by atoms with Gasteiger partial charge in [0.15, 0.2) is 11.5 Å². The third-order valence-corrected chi connectivity index (χ3v) is 5.20. The van der Waals surface area contributed by atoms with Crippen LogP contribution in [0.5, 0.6) is 11.5 Å². The number of hydrogen-bond donors (Lipinski definition) is 1. The number of fused-ring (bicyclic) bond motifs is 1. The molecule has 0 atom stereocenters. The molecular formula is C21H16N4O3S. The van der Waals surface area contributed by atoms with Gasteiger partial charge in [-0.25, -0.2) is 4.98 Å². The number of benzene rings is 1. The SMILES string of the molecule is N#Cc1ccc(-c2cccnc2)nc1SCC(=O)NCc1ccc2c(c1)OCO2. The van der Waals surface area contributed by atoms with E-state index in [1.807, 2.05) is 30.3 Å². The number of rotatable bonds is 6. The minimum absolute atomic E-state index is 0.148. The maximum absolute atomic E-state index is 12.3. The number of carbonyl (C=O) groups is 1. The molecule has 1 aromatic carbocycles. The Morgan fingerprint density at radius 1 is 1.21 bits per heavy atom. The maximum Gasteiger partial charge on any atom is 0.231 e. The second-order valence-electron chi connectivity index (χ2n) is 6.16. The maximum atomic E-state index is 12.3. The molecule has 1 amide bonds. The molecule has 0 radical (unpaired) electrons. The summed E-state index contributed by atoms with van der Waals surface area (Å²) in [5.74, 6) is 1.40. The molecule has 8 heteroatoms. The molecule has 0 fully saturated rings. The number of hydrogen-bond acceptors (Lipinski definition) is 7. The normalized spacial score (nSPS) is 11.7. The van der Waals surface area contributed by atoms with E-state index in [4.69, 9.17) is 9.47 Å². The van der Waals surface area contributed by atoms with Gasteiger partial charge in [0.25, 0.3) is 0 Å². The zero-order valence-corrected chi connectivity index (χ0v) is 16.1. The summed E-state index contributed by atoms with van der Waals surface area (Å²) < 4.78 is 10.6. The lowest BCUT2D eigenvalue weighted by molar-refractivity contribution is -0.118. The number of aromatic nitrogens is 2. The minimum Gasteiger partial charge on any atom is -0.454 e. The van der Waals surface area contributed by atoms with Crippen LogP contribution in [0.1, 0.15) is 11.1 Å². The van der Waals surface area contributed by atoms with Gasteiger partial charge >= 0.3 is 0 Å². The van der Waals surface area contributed by atoms with Gasteiger partial charge in [-0.05, 0) is 42.0 Å². The average molecular weight is 404 g/mol. The molecule has 7 nitrogen and oxygen atoms in total. The lowest BCUT2D eigenvalue weighted by Crippen LogP contribution is -2.24. The second kappa shape index (κ2) is 8.63. The third-order valence-electron chi connectivity index (χ3n) is 4.20. The Balaban J connectivity index is 1.38. The van der Waals surface area contributed by atoms with Crippen molar-refractivity contribution < 1.29 is 14.3 Å². The fraction of sp³-hybridized carbons (Fsp3) is 0.143. The Kier molecular flexibility index (Phi) is 5.59. The van der Waals surface area contributed by atoms with Crippen molar-refractivity contribution in [1.82, 2.24) is 15.3 Å². The number of amides is 1. The van der Waals surface area contributed by atoms with E-state index in [0.717, 1.165) is 11.1 Å². The van der Waals surface area contributed by atoms with Crippen LogP contribution in [-0.4, -0.2) is 28.4 Å². The highest BCUT2D eigenvalue weighted by atomic mass is 32.2. The van der Waals surface area contributed by atoms with Gasteiger partial charge in [0.05, 0.1) is 17.0 Å². The van der Waals surface area contributed by atoms with Crippen LogP contribution in [0.25, 0.3) is 11.3 Å². The topological polar surface area (TPSA) is 97.1 Å². The van der Waals surface area contributed by atoms with Gasteiger partial charge in [-0.15, -0.1) is 0 Å². The highest BCUT2D eigenvalue weighted by Gasteiger charge is 2.14. The first-order valence-electron chi connectivity index (χ1n) is 8.82. The predicted octanol–water partition coefficient (Wildman–Crippen LogP) is 3.15. The standard InChI is InChI=1S/C21H16N4O3S/c22-9-15-4-5-17(16-2-1-7-23-11-16)25-21(15)29-12-20(26)24-10-14-3-6-18-19(8-14)28-13-27-18/h1-8,11H,10,12-13H2,(H,24,26). The van der Waals surface area contributed by atoms with Gasteiger partial charge in [-0.3, -0.25) is 9.78 Å². The summed E-state index contributed by atoms with van der Waals surface area (Å²) in [4.78, 5) is 20.9. The number of pyridine rings is 2. The number of thioether (sulfide) groups is 1. The molecule has 0 bridgehead atoms. The Morgan fingerprint density at radius 3 is 2.93 bits per heavy atom. The van der Waals surface area contributed by atoms with Crippen LogP contribution >= 0.6 is 11.8 Å². The summed E-state index contributed by atoms with van der Waals surface area (Å²) >= 11 is 1.23. The Hall–Kier alpha value is -3.57. The molecule has 0 unspecified atom stereocenters. The Labute approximate surface area is 171 Å². The fourth-order valence-electron chi connectivity index (χ4n) is 2.75. The second-order valence-corrected chi connectivity index (χ2v) is 7.12. The Morgan fingerprint density at radius 2 is 2.10 bits per heavy atom. The van der Waals surface area contributed by atoms with Crippen LogP contribution in [0.3, 0.4) is 0 Å². The van der Waals surface area contributed by atoms with E-state index in [0.29, 0.717) is 34.3 Å². The largest absolute Gasteiger partial charge is 0.454 e. The molecule has 144 valence electrons. The smallest absolute Gasteiger partial charge is 0.231 e. The lowest BCUT2D eigenvalue weighted by Gasteiger charge is -2.08. The first-order chi connectivity index (χ1) is 14.2. The summed E-state index contributed by atoms with van der Waals surface area (Å²) in [5.41, 5.74) is 2.92. The van der Waals surface area contributed by atoms with Gasteiger partial charge in [0, 0.05) is 24.5 Å². The number of carbonyl (C=O) groups excluding carboxylic acids is 1. The van der Waals surface area contributed by atoms with E-state index < -0.39 is 0 Å². The van der Waals surface area contributed by atoms with E-state index in [1.54, 1.807) is 24.5 Å². The van der Waals surface area contributed by atoms with Crippen molar-refractivity contribution in [1.29, 1.82) is 5.26 Å². The van der Waals surface area contributed by atoms with Crippen LogP contribution < -0.4 is 14.8 Å². The van der Waals surface area contributed by atoms with Crippen molar-refractivity contribution in [3.8, 4) is 28.8 Å². The molecule has 0 saturated heterocycles. The molecule has 0 saturated carbocycles. The highest BCUT2D eigenvalue weighted by molar-refractivity contribution is 8.00. The van der Waals surface area contributed by atoms with Crippen molar-refractivity contribution in [2.45, 2.75) is 11.6 Å². The molecule has 3 aromatic rings. The summed E-state index contributed by atoms with van der Waals surface area (Å²) in [5, 5.41) is 12.7. The van der Waals surface area contributed by atoms with Crippen molar-refractivity contribution in [3.63, 3.8) is 0 Å². The van der Waals surface area contributed by atoms with Crippen molar-refractivity contribution >= 4 is 17.7 Å². The summed E-state index contributed by atoms with van der Waals surface area (Å²) in [7, 11) is 0. The lowest BCUT2D eigenvalue weighted by atomic mass is 10.2. The average Bonchev–Trinajstić information content (AvgIpc) is 3.24. The van der Waals surface area contributed by atoms with E-state index in [1.165, 1.54) is 11.8 Å². The van der Waals surface area contributed by atoms with Gasteiger partial charge in [-0.2, -0.15) is 5.26 Å². The highest BCUT2D eigenvalue weighted by Crippen LogP contribution is 2.32. The van der Waals surface area contributed by atoms with Crippen LogP contribution in [0.15, 0.2) is 59.9 Å². The molecule has 2 aromatic heterocycles. The zero-order valence-electron chi connectivity index (χ0n) is 15.3. The van der Waals surface area contributed by atoms with Gasteiger partial charge < -0.3 is 14.8 Å². The molecule has 1 aliphatic rings. The summed E-state index contributed by atoms with van der Waals surface area (Å²) in [6.07, 6.45) is 3.40. The van der Waals surface area contributed by atoms with E-state index >= 15 is 0 Å². The molecule has 1 N–H and O–H groups in total. The first-order valence-corrected chi connectivity index (χ1v) is 9.81. The minimum atomic E-state index is -0.148. The molecule has 0 spiro atoms. The molecule has 0 aliphatic carbocycles. The third kappa shape index (κ3) is 4.47. The van der Waals surface area contributed by atoms with Crippen LogP contribution in [-0.2, 0) is 11.3 Å². The van der Waals surface area contributed by atoms with Gasteiger partial charge in [-0.1, -0.05) is 17.8 Å². The fourth-order valence-corrected chi connectivity index (χ4v) is 3.55. The number of ether oxygens (including phenoxy) is 2. The van der Waals surface area contributed by atoms with Crippen LogP contribution in [0.2, 0.25) is 0 Å². The Bertz CT molecular complexity index is 1080. The molecule has 3 heterocycles.